The van der Waals surface area contributed by atoms with E-state index < -0.39 is 5.97 Å². The van der Waals surface area contributed by atoms with Crippen molar-refractivity contribution in [2.45, 2.75) is 70.8 Å². The first-order valence-corrected chi connectivity index (χ1v) is 7.99. The normalized spacial score (nSPS) is 13.0. The zero-order chi connectivity index (χ0) is 15.8. The molecule has 0 aliphatic carbocycles. The van der Waals surface area contributed by atoms with E-state index in [-0.39, 0.29) is 42.1 Å². The molecule has 1 atom stereocenters. The zero-order valence-corrected chi connectivity index (χ0v) is 16.2. The van der Waals surface area contributed by atoms with Gasteiger partial charge in [-0.1, -0.05) is 56.2 Å². The van der Waals surface area contributed by atoms with Crippen LogP contribution in [0.4, 0.5) is 0 Å². The molecule has 0 fully saturated rings. The molecule has 0 heterocycles. The van der Waals surface area contributed by atoms with Gasteiger partial charge in [-0.2, -0.15) is 0 Å². The summed E-state index contributed by atoms with van der Waals surface area (Å²) in [6.07, 6.45) is 19.2. The molecular weight excluding hydrogens is 287 g/mol. The molecule has 22 heavy (non-hydrogen) atoms. The van der Waals surface area contributed by atoms with Gasteiger partial charge in [0, 0.05) is 5.97 Å². The maximum absolute atomic E-state index is 10.2. The molecule has 0 aliphatic rings. The van der Waals surface area contributed by atoms with Crippen molar-refractivity contribution in [1.29, 1.82) is 0 Å². The Labute approximate surface area is 157 Å². The Hall–Kier alpha value is -0.350. The summed E-state index contributed by atoms with van der Waals surface area (Å²) in [6, 6.07) is 0. The molecular formula is C18H29NaO3. The molecule has 4 heteroatoms. The van der Waals surface area contributed by atoms with E-state index in [9.17, 15) is 15.0 Å². The van der Waals surface area contributed by atoms with Crippen LogP contribution in [0.3, 0.4) is 0 Å². The Kier molecular flexibility index (Phi) is 20.3. The van der Waals surface area contributed by atoms with Gasteiger partial charge in [0.1, 0.15) is 0 Å². The number of carbonyl (C=O) groups is 1. The molecule has 0 spiro atoms. The van der Waals surface area contributed by atoms with E-state index in [1.807, 2.05) is 6.08 Å². The predicted octanol–water partition coefficient (Wildman–Crippen LogP) is 0.301. The molecule has 120 valence electrons. The molecule has 1 N–H and O–H groups in total. The number of hydrogen-bond acceptors (Lipinski definition) is 3. The average Bonchev–Trinajstić information content (AvgIpc) is 2.45. The van der Waals surface area contributed by atoms with Crippen molar-refractivity contribution in [3.8, 4) is 0 Å². The number of carbonyl (C=O) groups excluding carboxylic acids is 1. The molecule has 0 aromatic carbocycles. The van der Waals surface area contributed by atoms with Gasteiger partial charge in [-0.15, -0.1) is 0 Å². The molecule has 0 aromatic rings. The quantitative estimate of drug-likeness (QED) is 0.302. The number of aliphatic hydroxyl groups is 1. The van der Waals surface area contributed by atoms with E-state index >= 15 is 0 Å². The van der Waals surface area contributed by atoms with Gasteiger partial charge in [0.25, 0.3) is 0 Å². The number of carboxylic acids is 1. The third-order valence-electron chi connectivity index (χ3n) is 3.11. The average molecular weight is 316 g/mol. The van der Waals surface area contributed by atoms with Gasteiger partial charge in [0.05, 0.1) is 6.10 Å². The molecule has 0 saturated heterocycles. The smallest absolute Gasteiger partial charge is 0.550 e. The predicted molar refractivity (Wildman–Crippen MR) is 85.7 cm³/mol. The molecule has 3 nitrogen and oxygen atoms in total. The first-order chi connectivity index (χ1) is 10.2. The minimum atomic E-state index is -0.989. The summed E-state index contributed by atoms with van der Waals surface area (Å²) in [4.78, 5) is 10.2. The summed E-state index contributed by atoms with van der Waals surface area (Å²) >= 11 is 0. The fourth-order valence-corrected chi connectivity index (χ4v) is 1.91. The minimum Gasteiger partial charge on any atom is -0.550 e. The van der Waals surface area contributed by atoms with Gasteiger partial charge in [-0.3, -0.25) is 0 Å². The van der Waals surface area contributed by atoms with Gasteiger partial charge < -0.3 is 15.0 Å². The van der Waals surface area contributed by atoms with Crippen LogP contribution in [0.15, 0.2) is 36.5 Å². The molecule has 0 aliphatic heterocycles. The zero-order valence-electron chi connectivity index (χ0n) is 14.2. The molecule has 0 amide bonds. The number of hydrogen-bond donors (Lipinski definition) is 1. The summed E-state index contributed by atoms with van der Waals surface area (Å²) in [5, 5.41) is 20.0. The summed E-state index contributed by atoms with van der Waals surface area (Å²) in [5.41, 5.74) is 0. The minimum absolute atomic E-state index is 0. The fraction of sp³-hybridized carbons (Fsp3) is 0.611. The Morgan fingerprint density at radius 2 is 1.59 bits per heavy atom. The fourth-order valence-electron chi connectivity index (χ4n) is 1.91. The topological polar surface area (TPSA) is 60.4 Å². The van der Waals surface area contributed by atoms with Crippen LogP contribution in [0.5, 0.6) is 0 Å². The van der Waals surface area contributed by atoms with Crippen molar-refractivity contribution in [2.75, 3.05) is 0 Å². The molecule has 0 rings (SSSR count). The Bertz CT molecular complexity index is 335. The molecule has 0 saturated carbocycles. The third kappa shape index (κ3) is 19.7. The number of aliphatic hydroxyl groups excluding tert-OH is 1. The van der Waals surface area contributed by atoms with Crippen molar-refractivity contribution in [1.82, 2.24) is 0 Å². The van der Waals surface area contributed by atoms with E-state index in [4.69, 9.17) is 0 Å². The number of aliphatic carboxylic acids is 1. The first-order valence-electron chi connectivity index (χ1n) is 7.99. The first kappa shape index (κ1) is 23.9. The van der Waals surface area contributed by atoms with E-state index in [1.54, 1.807) is 0 Å². The van der Waals surface area contributed by atoms with Crippen LogP contribution in [0.1, 0.15) is 64.7 Å². The number of carboxylic acid groups (broad SMARTS) is 1. The maximum Gasteiger partial charge on any atom is 1.00 e. The van der Waals surface area contributed by atoms with Gasteiger partial charge in [0.2, 0.25) is 0 Å². The van der Waals surface area contributed by atoms with Crippen LogP contribution in [-0.2, 0) is 4.79 Å². The van der Waals surface area contributed by atoms with Crippen LogP contribution >= 0.6 is 0 Å². The second-order valence-electron chi connectivity index (χ2n) is 5.15. The summed E-state index contributed by atoms with van der Waals surface area (Å²) in [6.45, 7) is 2.12. The number of rotatable bonds is 13. The van der Waals surface area contributed by atoms with Crippen LogP contribution in [0.2, 0.25) is 0 Å². The van der Waals surface area contributed by atoms with Gasteiger partial charge in [0.15, 0.2) is 0 Å². The third-order valence-corrected chi connectivity index (χ3v) is 3.11. The van der Waals surface area contributed by atoms with Gasteiger partial charge in [-0.05, 0) is 44.9 Å². The monoisotopic (exact) mass is 316 g/mol. The van der Waals surface area contributed by atoms with Crippen molar-refractivity contribution in [3.63, 3.8) is 0 Å². The Morgan fingerprint density at radius 1 is 1.00 bits per heavy atom. The molecule has 0 aromatic heterocycles. The summed E-state index contributed by atoms with van der Waals surface area (Å²) < 4.78 is 0. The van der Waals surface area contributed by atoms with Crippen molar-refractivity contribution in [3.05, 3.63) is 36.5 Å². The van der Waals surface area contributed by atoms with Crippen LogP contribution in [-0.4, -0.2) is 17.2 Å². The second kappa shape index (κ2) is 18.7. The van der Waals surface area contributed by atoms with Crippen molar-refractivity contribution < 1.29 is 44.6 Å². The Balaban J connectivity index is 0. The maximum atomic E-state index is 10.2. The van der Waals surface area contributed by atoms with E-state index in [0.29, 0.717) is 12.8 Å². The second-order valence-corrected chi connectivity index (χ2v) is 5.15. The number of unbranched alkanes of at least 4 members (excludes halogenated alkanes) is 2. The van der Waals surface area contributed by atoms with Gasteiger partial charge >= 0.3 is 29.6 Å². The standard InChI is InChI=1S/C18H30O3.Na/c1-2-3-4-5-6-7-8-9-11-14-17(19)15-12-10-13-16-18(20)21;/h3-4,6-7,9,11,17,19H,2,5,8,10,12-16H2,1H3,(H,20,21);/q;+1/p-1/b4-3-,7-6-,11-9-;. The van der Waals surface area contributed by atoms with E-state index in [0.717, 1.165) is 38.5 Å². The van der Waals surface area contributed by atoms with Gasteiger partial charge in [-0.25, -0.2) is 0 Å². The van der Waals surface area contributed by atoms with E-state index in [2.05, 4.69) is 37.3 Å². The SMILES string of the molecule is CC/C=C\C/C=C\C/C=C\CC(O)CCCCCC(=O)[O-].[Na+]. The largest absolute Gasteiger partial charge is 1.00 e. The molecule has 0 bridgehead atoms. The Morgan fingerprint density at radius 3 is 2.18 bits per heavy atom. The molecule has 0 radical (unpaired) electrons. The summed E-state index contributed by atoms with van der Waals surface area (Å²) in [7, 11) is 0. The van der Waals surface area contributed by atoms with Crippen molar-refractivity contribution in [2.24, 2.45) is 0 Å². The van der Waals surface area contributed by atoms with E-state index in [1.165, 1.54) is 0 Å². The van der Waals surface area contributed by atoms with Crippen LogP contribution < -0.4 is 34.7 Å². The van der Waals surface area contributed by atoms with Crippen molar-refractivity contribution >= 4 is 5.97 Å². The van der Waals surface area contributed by atoms with Crippen LogP contribution in [0.25, 0.3) is 0 Å². The van der Waals surface area contributed by atoms with Crippen LogP contribution in [0, 0.1) is 0 Å². The number of allylic oxidation sites excluding steroid dienone is 5. The summed E-state index contributed by atoms with van der Waals surface area (Å²) in [5.74, 6) is -0.989. The molecule has 1 unspecified atom stereocenters.